The van der Waals surface area contributed by atoms with E-state index in [1.54, 1.807) is 0 Å². The number of nitrogens with zero attached hydrogens (tertiary/aromatic N) is 3. The first kappa shape index (κ1) is 19.6. The van der Waals surface area contributed by atoms with Crippen molar-refractivity contribution in [2.24, 2.45) is 0 Å². The van der Waals surface area contributed by atoms with Gasteiger partial charge in [-0.15, -0.1) is 0 Å². The van der Waals surface area contributed by atoms with Gasteiger partial charge in [0.15, 0.2) is 6.33 Å². The van der Waals surface area contributed by atoms with E-state index in [0.717, 1.165) is 0 Å². The molecule has 7 N–H and O–H groups in total. The third-order valence-corrected chi connectivity index (χ3v) is 4.52. The average Bonchev–Trinajstić information content (AvgIpc) is 3.04. The normalized spacial score (nSPS) is 25.9. The number of imidazole rings is 1. The van der Waals surface area contributed by atoms with Crippen molar-refractivity contribution in [3.63, 3.8) is 0 Å². The molecule has 1 fully saturated rings. The maximum atomic E-state index is 12.2. The minimum Gasteiger partial charge on any atom is -0.387 e. The molecule has 3 rings (SSSR count). The number of aliphatic hydroxyl groups excluding tert-OH is 2. The molecule has 148 valence electrons. The molecule has 4 atom stereocenters. The van der Waals surface area contributed by atoms with Crippen molar-refractivity contribution in [2.75, 3.05) is 12.3 Å². The topological polar surface area (TPSA) is 197 Å². The Balaban J connectivity index is 2.00. The summed E-state index contributed by atoms with van der Waals surface area (Å²) >= 11 is 0. The molecule has 2 aromatic heterocycles. The predicted octanol–water partition coefficient (Wildman–Crippen LogP) is -2.49. The number of fused-ring (bicyclic) bond motifs is 1. The van der Waals surface area contributed by atoms with E-state index in [4.69, 9.17) is 20.3 Å². The molecule has 1 aliphatic rings. The summed E-state index contributed by atoms with van der Waals surface area (Å²) in [6, 6.07) is 0. The zero-order valence-corrected chi connectivity index (χ0v) is 14.8. The summed E-state index contributed by atoms with van der Waals surface area (Å²) in [6.07, 6.45) is -2.43. The largest absolute Gasteiger partial charge is 0.469 e. The Morgan fingerprint density at radius 3 is 2.81 bits per heavy atom. The van der Waals surface area contributed by atoms with Crippen molar-refractivity contribution in [3.05, 3.63) is 29.3 Å². The van der Waals surface area contributed by atoms with Gasteiger partial charge in [-0.2, -0.15) is 0 Å². The number of phosphoric acid groups is 1. The maximum absolute atomic E-state index is 12.2. The van der Waals surface area contributed by atoms with Crippen molar-refractivity contribution in [1.29, 1.82) is 0 Å². The van der Waals surface area contributed by atoms with Crippen molar-refractivity contribution >= 4 is 24.9 Å². The Labute approximate surface area is 151 Å². The number of nitrogen functional groups attached to an aromatic ring is 1. The molecule has 1 aliphatic heterocycles. The highest BCUT2D eigenvalue weighted by Gasteiger charge is 2.47. The minimum atomic E-state index is -4.78. The highest BCUT2D eigenvalue weighted by Crippen LogP contribution is 2.37. The third-order valence-electron chi connectivity index (χ3n) is 4.03. The highest BCUT2D eigenvalue weighted by molar-refractivity contribution is 7.46. The van der Waals surface area contributed by atoms with E-state index in [-0.39, 0.29) is 23.7 Å². The summed E-state index contributed by atoms with van der Waals surface area (Å²) < 4.78 is 23.5. The lowest BCUT2D eigenvalue weighted by molar-refractivity contribution is -0.745. The fourth-order valence-corrected chi connectivity index (χ4v) is 3.25. The number of allylic oxidation sites excluding steroid dienone is 1. The lowest BCUT2D eigenvalue weighted by Crippen LogP contribution is -2.46. The molecule has 27 heavy (non-hydrogen) atoms. The van der Waals surface area contributed by atoms with Gasteiger partial charge in [0.25, 0.3) is 11.5 Å². The van der Waals surface area contributed by atoms with Crippen LogP contribution in [0.1, 0.15) is 6.23 Å². The smallest absolute Gasteiger partial charge is 0.387 e. The monoisotopic (exact) mass is 404 g/mol. The number of H-pyrrole nitrogens is 1. The molecule has 0 spiro atoms. The number of aliphatic hydroxyl groups is 2. The second-order valence-corrected chi connectivity index (χ2v) is 7.16. The predicted molar refractivity (Wildman–Crippen MR) is 89.1 cm³/mol. The quantitative estimate of drug-likeness (QED) is 0.170. The van der Waals surface area contributed by atoms with Crippen molar-refractivity contribution < 1.29 is 38.4 Å². The van der Waals surface area contributed by atoms with Crippen LogP contribution in [0.3, 0.4) is 0 Å². The SMILES string of the molecule is C=CCn1c[n+](C2O[C@H](COP(=O)(O)O)[C@@H](O)[C@H]2O)c2nc(N)[nH]c(=O)c21. The number of hydrogen-bond acceptors (Lipinski definition) is 8. The van der Waals surface area contributed by atoms with Crippen LogP contribution in [0.5, 0.6) is 0 Å². The minimum absolute atomic E-state index is 0.0888. The van der Waals surface area contributed by atoms with Crippen molar-refractivity contribution in [2.45, 2.75) is 31.1 Å². The summed E-state index contributed by atoms with van der Waals surface area (Å²) in [5.41, 5.74) is 5.30. The Bertz CT molecular complexity index is 968. The van der Waals surface area contributed by atoms with E-state index in [0.29, 0.717) is 0 Å². The Morgan fingerprint density at radius 2 is 2.19 bits per heavy atom. The van der Waals surface area contributed by atoms with Crippen LogP contribution in [0, 0.1) is 0 Å². The molecular weight excluding hydrogens is 385 g/mol. The van der Waals surface area contributed by atoms with Gasteiger partial charge in [0.1, 0.15) is 18.3 Å². The number of aromatic nitrogens is 4. The summed E-state index contributed by atoms with van der Waals surface area (Å²) in [5, 5.41) is 20.4. The number of aromatic amines is 1. The molecule has 3 heterocycles. The van der Waals surface area contributed by atoms with Crippen LogP contribution >= 0.6 is 7.82 Å². The van der Waals surface area contributed by atoms with E-state index in [1.165, 1.54) is 21.5 Å². The van der Waals surface area contributed by atoms with Crippen LogP contribution in [0.2, 0.25) is 0 Å². The molecule has 0 radical (unpaired) electrons. The standard InChI is InChI=1S/C13H18N5O8P/c1-2-3-17-5-18(10-7(17)11(21)16-13(14)15-10)12-9(20)8(19)6(26-12)4-25-27(22,23)24/h2,5-6,8-9,12,19-20H,1,3-4H2,(H4-,14,15,16,21,22,23,24)/p+1/t6-,8-,9-,12?/m1/s1. The summed E-state index contributed by atoms with van der Waals surface area (Å²) in [6.45, 7) is 3.20. The second kappa shape index (κ2) is 7.13. The van der Waals surface area contributed by atoms with Gasteiger partial charge in [0.2, 0.25) is 11.7 Å². The van der Waals surface area contributed by atoms with E-state index in [9.17, 15) is 19.6 Å². The Morgan fingerprint density at radius 1 is 1.48 bits per heavy atom. The van der Waals surface area contributed by atoms with Gasteiger partial charge in [0, 0.05) is 0 Å². The van der Waals surface area contributed by atoms with Gasteiger partial charge in [0.05, 0.1) is 13.2 Å². The first-order valence-corrected chi connectivity index (χ1v) is 9.27. The van der Waals surface area contributed by atoms with Crippen LogP contribution in [-0.2, 0) is 20.4 Å². The van der Waals surface area contributed by atoms with Gasteiger partial charge < -0.3 is 30.5 Å². The van der Waals surface area contributed by atoms with Crippen LogP contribution in [-0.4, -0.2) is 59.5 Å². The van der Waals surface area contributed by atoms with Gasteiger partial charge in [-0.25, -0.2) is 9.13 Å². The van der Waals surface area contributed by atoms with Gasteiger partial charge in [-0.3, -0.25) is 18.9 Å². The fourth-order valence-electron chi connectivity index (χ4n) is 2.90. The number of anilines is 1. The van der Waals surface area contributed by atoms with Crippen molar-refractivity contribution in [3.8, 4) is 0 Å². The second-order valence-electron chi connectivity index (χ2n) is 5.92. The maximum Gasteiger partial charge on any atom is 0.469 e. The van der Waals surface area contributed by atoms with E-state index >= 15 is 0 Å². The molecular formula is C13H19N5O8P+. The highest BCUT2D eigenvalue weighted by atomic mass is 31.2. The van der Waals surface area contributed by atoms with Crippen LogP contribution in [0.15, 0.2) is 23.8 Å². The fraction of sp³-hybridized carbons (Fsp3) is 0.462. The molecule has 14 heteroatoms. The lowest BCUT2D eigenvalue weighted by atomic mass is 10.1. The first-order chi connectivity index (χ1) is 12.6. The summed E-state index contributed by atoms with van der Waals surface area (Å²) in [7, 11) is -4.78. The summed E-state index contributed by atoms with van der Waals surface area (Å²) in [4.78, 5) is 36.2. The number of phosphoric ester groups is 1. The van der Waals surface area contributed by atoms with Crippen LogP contribution < -0.4 is 15.9 Å². The molecule has 0 saturated carbocycles. The van der Waals surface area contributed by atoms with E-state index < -0.39 is 44.5 Å². The number of ether oxygens (including phenoxy) is 1. The van der Waals surface area contributed by atoms with Gasteiger partial charge >= 0.3 is 13.5 Å². The molecule has 0 aromatic carbocycles. The van der Waals surface area contributed by atoms with Gasteiger partial charge in [-0.1, -0.05) is 17.6 Å². The Kier molecular flexibility index (Phi) is 5.18. The van der Waals surface area contributed by atoms with Gasteiger partial charge in [-0.05, 0) is 0 Å². The van der Waals surface area contributed by atoms with Crippen LogP contribution in [0.25, 0.3) is 11.2 Å². The van der Waals surface area contributed by atoms with Crippen molar-refractivity contribution in [1.82, 2.24) is 14.5 Å². The molecule has 0 aliphatic carbocycles. The van der Waals surface area contributed by atoms with E-state index in [2.05, 4.69) is 21.1 Å². The molecule has 2 aromatic rings. The number of nitrogens with one attached hydrogen (secondary N) is 1. The molecule has 1 saturated heterocycles. The molecule has 1 unspecified atom stereocenters. The molecule has 13 nitrogen and oxygen atoms in total. The average molecular weight is 404 g/mol. The number of hydrogen-bond donors (Lipinski definition) is 6. The summed E-state index contributed by atoms with van der Waals surface area (Å²) in [5.74, 6) is -0.160. The lowest BCUT2D eigenvalue weighted by Gasteiger charge is -2.14. The first-order valence-electron chi connectivity index (χ1n) is 7.74. The van der Waals surface area contributed by atoms with Crippen LogP contribution in [0.4, 0.5) is 5.95 Å². The third kappa shape index (κ3) is 3.80. The number of rotatable bonds is 6. The number of nitrogens with two attached hydrogens (primary N) is 1. The zero-order valence-electron chi connectivity index (χ0n) is 13.9. The molecule has 0 bridgehead atoms. The Hall–Kier alpha value is -2.12. The van der Waals surface area contributed by atoms with E-state index in [1.807, 2.05) is 0 Å². The molecule has 0 amide bonds. The zero-order chi connectivity index (χ0) is 19.9.